The number of carbonyl (C=O) groups is 1. The Labute approximate surface area is 120 Å². The van der Waals surface area contributed by atoms with Gasteiger partial charge in [0.1, 0.15) is 5.25 Å². The molecule has 20 heavy (non-hydrogen) atoms. The van der Waals surface area contributed by atoms with E-state index in [9.17, 15) is 13.2 Å². The molecule has 0 radical (unpaired) electrons. The fourth-order valence-electron chi connectivity index (χ4n) is 1.47. The number of carbonyl (C=O) groups excluding carboxylic acids is 1. The van der Waals surface area contributed by atoms with E-state index in [2.05, 4.69) is 24.5 Å². The van der Waals surface area contributed by atoms with Crippen LogP contribution in [0, 0.1) is 0 Å². The van der Waals surface area contributed by atoms with Crippen molar-refractivity contribution in [1.82, 2.24) is 5.32 Å². The smallest absolute Gasteiger partial charge is 0.242 e. The molecule has 1 aromatic rings. The molecule has 1 amide bonds. The highest BCUT2D eigenvalue weighted by Crippen LogP contribution is 2.11. The van der Waals surface area contributed by atoms with E-state index < -0.39 is 21.0 Å². The standard InChI is InChI=1S/C14H22N2O3S/c1-10(2)15-9-12-5-7-13(8-6-12)16-14(17)11(3)20(4,18)19/h5-8,10-11,15H,9H2,1-4H3,(H,16,17). The lowest BCUT2D eigenvalue weighted by atomic mass is 10.2. The highest BCUT2D eigenvalue weighted by Gasteiger charge is 2.23. The highest BCUT2D eigenvalue weighted by atomic mass is 32.2. The predicted molar refractivity (Wildman–Crippen MR) is 81.4 cm³/mol. The van der Waals surface area contributed by atoms with Gasteiger partial charge in [0.25, 0.3) is 0 Å². The summed E-state index contributed by atoms with van der Waals surface area (Å²) in [5, 5.41) is 4.84. The van der Waals surface area contributed by atoms with Gasteiger partial charge in [-0.3, -0.25) is 4.79 Å². The molecule has 6 heteroatoms. The van der Waals surface area contributed by atoms with Crippen LogP contribution in [0.4, 0.5) is 5.69 Å². The van der Waals surface area contributed by atoms with Crippen molar-refractivity contribution in [2.75, 3.05) is 11.6 Å². The van der Waals surface area contributed by atoms with Gasteiger partial charge in [-0.2, -0.15) is 0 Å². The summed E-state index contributed by atoms with van der Waals surface area (Å²) in [7, 11) is -3.37. The molecule has 112 valence electrons. The molecule has 0 aliphatic heterocycles. The number of rotatable bonds is 6. The molecule has 0 saturated heterocycles. The van der Waals surface area contributed by atoms with Crippen molar-refractivity contribution < 1.29 is 13.2 Å². The Morgan fingerprint density at radius 2 is 1.70 bits per heavy atom. The van der Waals surface area contributed by atoms with Gasteiger partial charge in [-0.25, -0.2) is 8.42 Å². The van der Waals surface area contributed by atoms with Gasteiger partial charge >= 0.3 is 0 Å². The lowest BCUT2D eigenvalue weighted by molar-refractivity contribution is -0.115. The molecule has 5 nitrogen and oxygen atoms in total. The van der Waals surface area contributed by atoms with E-state index in [1.54, 1.807) is 12.1 Å². The van der Waals surface area contributed by atoms with E-state index in [-0.39, 0.29) is 0 Å². The van der Waals surface area contributed by atoms with Crippen molar-refractivity contribution in [2.45, 2.75) is 38.6 Å². The average molecular weight is 298 g/mol. The lowest BCUT2D eigenvalue weighted by Gasteiger charge is -2.11. The summed E-state index contributed by atoms with van der Waals surface area (Å²) in [5.41, 5.74) is 1.70. The second-order valence-corrected chi connectivity index (χ2v) is 7.56. The second-order valence-electron chi connectivity index (χ2n) is 5.19. The highest BCUT2D eigenvalue weighted by molar-refractivity contribution is 7.92. The van der Waals surface area contributed by atoms with Crippen molar-refractivity contribution >= 4 is 21.4 Å². The molecule has 0 heterocycles. The summed E-state index contributed by atoms with van der Waals surface area (Å²) in [6.45, 7) is 6.28. The van der Waals surface area contributed by atoms with Crippen LogP contribution < -0.4 is 10.6 Å². The zero-order valence-electron chi connectivity index (χ0n) is 12.3. The lowest BCUT2D eigenvalue weighted by Crippen LogP contribution is -2.31. The minimum absolute atomic E-state index is 0.407. The Morgan fingerprint density at radius 1 is 1.15 bits per heavy atom. The first-order valence-electron chi connectivity index (χ1n) is 6.52. The Bertz CT molecular complexity index is 550. The number of benzene rings is 1. The fourth-order valence-corrected chi connectivity index (χ4v) is 1.91. The maximum Gasteiger partial charge on any atom is 0.242 e. The Morgan fingerprint density at radius 3 is 2.15 bits per heavy atom. The van der Waals surface area contributed by atoms with Gasteiger partial charge in [0.05, 0.1) is 0 Å². The van der Waals surface area contributed by atoms with E-state index in [1.165, 1.54) is 6.92 Å². The van der Waals surface area contributed by atoms with Crippen LogP contribution in [0.5, 0.6) is 0 Å². The number of amides is 1. The van der Waals surface area contributed by atoms with Crippen LogP contribution in [0.25, 0.3) is 0 Å². The van der Waals surface area contributed by atoms with E-state index in [0.717, 1.165) is 18.4 Å². The van der Waals surface area contributed by atoms with Crippen LogP contribution in [-0.4, -0.2) is 31.9 Å². The first kappa shape index (κ1) is 16.7. The Balaban J connectivity index is 2.64. The van der Waals surface area contributed by atoms with Crippen LogP contribution in [0.3, 0.4) is 0 Å². The normalized spacial score (nSPS) is 13.2. The molecular weight excluding hydrogens is 276 g/mol. The predicted octanol–water partition coefficient (Wildman–Crippen LogP) is 1.56. The van der Waals surface area contributed by atoms with E-state index in [1.807, 2.05) is 12.1 Å². The van der Waals surface area contributed by atoms with Crippen LogP contribution in [0.1, 0.15) is 26.3 Å². The monoisotopic (exact) mass is 298 g/mol. The maximum absolute atomic E-state index is 11.8. The summed E-state index contributed by atoms with van der Waals surface area (Å²) in [5.74, 6) is -0.513. The quantitative estimate of drug-likeness (QED) is 0.835. The van der Waals surface area contributed by atoms with Gasteiger partial charge in [0, 0.05) is 24.5 Å². The Hall–Kier alpha value is -1.40. The minimum Gasteiger partial charge on any atom is -0.325 e. The number of hydrogen-bond donors (Lipinski definition) is 2. The van der Waals surface area contributed by atoms with Crippen molar-refractivity contribution in [3.05, 3.63) is 29.8 Å². The van der Waals surface area contributed by atoms with Gasteiger partial charge in [0.2, 0.25) is 5.91 Å². The molecule has 1 unspecified atom stereocenters. The Kier molecular flexibility index (Phi) is 5.71. The molecule has 2 N–H and O–H groups in total. The second kappa shape index (κ2) is 6.85. The van der Waals surface area contributed by atoms with E-state index in [0.29, 0.717) is 11.7 Å². The molecule has 1 rings (SSSR count). The van der Waals surface area contributed by atoms with Crippen molar-refractivity contribution in [3.63, 3.8) is 0 Å². The topological polar surface area (TPSA) is 75.3 Å². The third kappa shape index (κ3) is 5.30. The van der Waals surface area contributed by atoms with Gasteiger partial charge in [-0.1, -0.05) is 26.0 Å². The van der Waals surface area contributed by atoms with Crippen molar-refractivity contribution in [2.24, 2.45) is 0 Å². The van der Waals surface area contributed by atoms with Crippen molar-refractivity contribution in [1.29, 1.82) is 0 Å². The molecule has 0 aliphatic carbocycles. The molecule has 0 spiro atoms. The van der Waals surface area contributed by atoms with Crippen LogP contribution in [0.15, 0.2) is 24.3 Å². The number of nitrogens with one attached hydrogen (secondary N) is 2. The summed E-state index contributed by atoms with van der Waals surface area (Å²) in [6, 6.07) is 7.74. The summed E-state index contributed by atoms with van der Waals surface area (Å²) in [4.78, 5) is 11.8. The average Bonchev–Trinajstić information content (AvgIpc) is 2.35. The molecular formula is C14H22N2O3S. The SMILES string of the molecule is CC(C)NCc1ccc(NC(=O)C(C)S(C)(=O)=O)cc1. The first-order valence-corrected chi connectivity index (χ1v) is 8.47. The number of sulfone groups is 1. The van der Waals surface area contributed by atoms with Crippen LogP contribution >= 0.6 is 0 Å². The zero-order chi connectivity index (χ0) is 15.3. The van der Waals surface area contributed by atoms with Gasteiger partial charge in [-0.15, -0.1) is 0 Å². The number of hydrogen-bond acceptors (Lipinski definition) is 4. The third-order valence-corrected chi connectivity index (χ3v) is 4.45. The molecule has 0 aromatic heterocycles. The zero-order valence-corrected chi connectivity index (χ0v) is 13.1. The van der Waals surface area contributed by atoms with E-state index in [4.69, 9.17) is 0 Å². The molecule has 1 atom stereocenters. The molecule has 0 bridgehead atoms. The maximum atomic E-state index is 11.8. The van der Waals surface area contributed by atoms with Gasteiger partial charge in [0.15, 0.2) is 9.84 Å². The van der Waals surface area contributed by atoms with Crippen LogP contribution in [-0.2, 0) is 21.2 Å². The first-order chi connectivity index (χ1) is 9.20. The minimum atomic E-state index is -3.37. The number of anilines is 1. The fraction of sp³-hybridized carbons (Fsp3) is 0.500. The summed E-state index contributed by atoms with van der Waals surface area (Å²) >= 11 is 0. The van der Waals surface area contributed by atoms with E-state index >= 15 is 0 Å². The molecule has 1 aromatic carbocycles. The third-order valence-electron chi connectivity index (χ3n) is 2.95. The van der Waals surface area contributed by atoms with Gasteiger partial charge < -0.3 is 10.6 Å². The van der Waals surface area contributed by atoms with Crippen LogP contribution in [0.2, 0.25) is 0 Å². The largest absolute Gasteiger partial charge is 0.325 e. The summed E-state index contributed by atoms with van der Waals surface area (Å²) < 4.78 is 22.6. The molecule has 0 saturated carbocycles. The van der Waals surface area contributed by atoms with Gasteiger partial charge in [-0.05, 0) is 24.6 Å². The molecule has 0 fully saturated rings. The molecule has 0 aliphatic rings. The van der Waals surface area contributed by atoms with Crippen molar-refractivity contribution in [3.8, 4) is 0 Å². The summed E-state index contributed by atoms with van der Waals surface area (Å²) in [6.07, 6.45) is 1.05.